The van der Waals surface area contributed by atoms with E-state index in [1.807, 2.05) is 0 Å². The Labute approximate surface area is 204 Å². The fourth-order valence-electron chi connectivity index (χ4n) is 6.15. The van der Waals surface area contributed by atoms with Gasteiger partial charge in [0.05, 0.1) is 7.11 Å². The molecule has 0 amide bonds. The van der Waals surface area contributed by atoms with Crippen molar-refractivity contribution in [2.24, 2.45) is 0 Å². The average Bonchev–Trinajstić information content (AvgIpc) is 3.42. The van der Waals surface area contributed by atoms with Crippen LogP contribution < -0.4 is 4.74 Å². The van der Waals surface area contributed by atoms with Crippen LogP contribution in [-0.4, -0.2) is 61.3 Å². The minimum atomic E-state index is -1.09. The lowest BCUT2D eigenvalue weighted by atomic mass is 9.94. The van der Waals surface area contributed by atoms with Gasteiger partial charge in [-0.3, -0.25) is 0 Å². The van der Waals surface area contributed by atoms with Gasteiger partial charge in [-0.1, -0.05) is 25.0 Å². The maximum Gasteiger partial charge on any atom is 0.343 e. The largest absolute Gasteiger partial charge is 0.465 e. The second-order valence-corrected chi connectivity index (χ2v) is 10.1. The molecule has 2 saturated carbocycles. The smallest absolute Gasteiger partial charge is 0.343 e. The fourth-order valence-corrected chi connectivity index (χ4v) is 6.15. The summed E-state index contributed by atoms with van der Waals surface area (Å²) >= 11 is 0. The zero-order valence-corrected chi connectivity index (χ0v) is 19.9. The lowest BCUT2D eigenvalue weighted by Gasteiger charge is -2.35. The molecule has 0 aromatic heterocycles. The molecule has 5 aliphatic rings. The van der Waals surface area contributed by atoms with Gasteiger partial charge in [-0.2, -0.15) is 0 Å². The van der Waals surface area contributed by atoms with Crippen molar-refractivity contribution in [3.05, 3.63) is 29.8 Å². The van der Waals surface area contributed by atoms with Crippen molar-refractivity contribution in [3.63, 3.8) is 0 Å². The second kappa shape index (κ2) is 9.12. The van der Waals surface area contributed by atoms with Crippen LogP contribution in [0, 0.1) is 0 Å². The van der Waals surface area contributed by atoms with Crippen molar-refractivity contribution >= 4 is 11.9 Å². The lowest BCUT2D eigenvalue weighted by molar-refractivity contribution is -0.250. The molecule has 1 aromatic carbocycles. The highest BCUT2D eigenvalue weighted by Crippen LogP contribution is 2.51. The van der Waals surface area contributed by atoms with Crippen molar-refractivity contribution in [1.82, 2.24) is 0 Å². The molecular formula is C26H32O9. The number of fused-ring (bicyclic) bond motifs is 3. The molecule has 0 N–H and O–H groups in total. The summed E-state index contributed by atoms with van der Waals surface area (Å²) < 4.78 is 42.6. The molecule has 9 nitrogen and oxygen atoms in total. The Morgan fingerprint density at radius 1 is 0.800 bits per heavy atom. The number of para-hydroxylation sites is 1. The third kappa shape index (κ3) is 4.17. The van der Waals surface area contributed by atoms with E-state index in [2.05, 4.69) is 0 Å². The first-order chi connectivity index (χ1) is 17.0. The van der Waals surface area contributed by atoms with Gasteiger partial charge in [0.2, 0.25) is 0 Å². The molecule has 3 aliphatic heterocycles. The van der Waals surface area contributed by atoms with Crippen LogP contribution in [0.1, 0.15) is 74.6 Å². The van der Waals surface area contributed by atoms with E-state index in [0.717, 1.165) is 64.2 Å². The van der Waals surface area contributed by atoms with Gasteiger partial charge in [0.1, 0.15) is 29.6 Å². The standard InChI is InChI=1S/C26H32O9/c1-29-22(27)16-10-4-5-11-17(16)30-23(28)20-18-19(33-25(32-18)12-6-2-7-13-25)21-24(31-20)35-26(34-21)14-8-3-9-15-26/h4-5,10-11,18-21,24H,2-3,6-9,12-15H2,1H3. The van der Waals surface area contributed by atoms with Crippen LogP contribution in [0.3, 0.4) is 0 Å². The Morgan fingerprint density at radius 2 is 1.40 bits per heavy atom. The van der Waals surface area contributed by atoms with Gasteiger partial charge in [0.15, 0.2) is 24.0 Å². The van der Waals surface area contributed by atoms with Gasteiger partial charge in [0, 0.05) is 25.7 Å². The third-order valence-corrected chi connectivity index (χ3v) is 7.84. The Kier molecular flexibility index (Phi) is 6.09. The highest BCUT2D eigenvalue weighted by atomic mass is 16.9. The van der Waals surface area contributed by atoms with E-state index in [1.54, 1.807) is 24.3 Å². The van der Waals surface area contributed by atoms with Crippen LogP contribution in [-0.2, 0) is 33.2 Å². The molecule has 0 radical (unpaired) electrons. The van der Waals surface area contributed by atoms with Crippen molar-refractivity contribution in [2.45, 2.75) is 106 Å². The minimum Gasteiger partial charge on any atom is -0.465 e. The number of hydrogen-bond acceptors (Lipinski definition) is 9. The molecular weight excluding hydrogens is 456 g/mol. The van der Waals surface area contributed by atoms with Gasteiger partial charge < -0.3 is 33.2 Å². The average molecular weight is 489 g/mol. The summed E-state index contributed by atoms with van der Waals surface area (Å²) in [6, 6.07) is 6.45. The predicted molar refractivity (Wildman–Crippen MR) is 119 cm³/mol. The summed E-state index contributed by atoms with van der Waals surface area (Å²) in [6.45, 7) is 0. The normalized spacial score (nSPS) is 34.8. The summed E-state index contributed by atoms with van der Waals surface area (Å²) in [6.07, 6.45) is 5.86. The number of benzene rings is 1. The van der Waals surface area contributed by atoms with Crippen LogP contribution in [0.2, 0.25) is 0 Å². The monoisotopic (exact) mass is 488 g/mol. The first-order valence-electron chi connectivity index (χ1n) is 12.8. The Bertz CT molecular complexity index is 965. The second-order valence-electron chi connectivity index (χ2n) is 10.1. The molecule has 9 heteroatoms. The van der Waals surface area contributed by atoms with Crippen LogP contribution in [0.15, 0.2) is 24.3 Å². The highest BCUT2D eigenvalue weighted by molar-refractivity contribution is 5.93. The summed E-state index contributed by atoms with van der Waals surface area (Å²) in [5.74, 6) is -2.62. The van der Waals surface area contributed by atoms with Crippen LogP contribution in [0.5, 0.6) is 5.75 Å². The van der Waals surface area contributed by atoms with Crippen molar-refractivity contribution in [2.75, 3.05) is 7.11 Å². The first kappa shape index (κ1) is 23.4. The zero-order valence-electron chi connectivity index (χ0n) is 19.9. The SMILES string of the molecule is COC(=O)c1ccccc1OC(=O)C1OC2OC3(CCCCC3)OC2C2OC3(CCCCC3)OC12. The maximum atomic E-state index is 13.5. The summed E-state index contributed by atoms with van der Waals surface area (Å²) in [5.41, 5.74) is 0.155. The van der Waals surface area contributed by atoms with Crippen molar-refractivity contribution in [1.29, 1.82) is 0 Å². The zero-order chi connectivity index (χ0) is 24.0. The Balaban J connectivity index is 1.28. The summed E-state index contributed by atoms with van der Waals surface area (Å²) in [7, 11) is 1.28. The number of carbonyl (C=O) groups excluding carboxylic acids is 2. The van der Waals surface area contributed by atoms with Crippen molar-refractivity contribution in [3.8, 4) is 5.75 Å². The number of ether oxygens (including phenoxy) is 7. The molecule has 3 saturated heterocycles. The van der Waals surface area contributed by atoms with Gasteiger partial charge in [0.25, 0.3) is 0 Å². The van der Waals surface area contributed by atoms with Gasteiger partial charge in [-0.15, -0.1) is 0 Å². The first-order valence-corrected chi connectivity index (χ1v) is 12.8. The molecule has 0 bridgehead atoms. The Hall–Kier alpha value is -2.04. The van der Waals surface area contributed by atoms with Crippen LogP contribution >= 0.6 is 0 Å². The quantitative estimate of drug-likeness (QED) is 0.467. The summed E-state index contributed by atoms with van der Waals surface area (Å²) in [5, 5.41) is 0. The molecule has 190 valence electrons. The van der Waals surface area contributed by atoms with Gasteiger partial charge in [-0.25, -0.2) is 9.59 Å². The van der Waals surface area contributed by atoms with E-state index in [1.165, 1.54) is 7.11 Å². The number of rotatable bonds is 3. The molecule has 1 aromatic rings. The molecule has 3 heterocycles. The molecule has 5 fully saturated rings. The Morgan fingerprint density at radius 3 is 2.09 bits per heavy atom. The van der Waals surface area contributed by atoms with E-state index in [4.69, 9.17) is 33.2 Å². The predicted octanol–water partition coefficient (Wildman–Crippen LogP) is 3.62. The number of esters is 2. The highest BCUT2D eigenvalue weighted by Gasteiger charge is 2.65. The fraction of sp³-hybridized carbons (Fsp3) is 0.692. The van der Waals surface area contributed by atoms with E-state index in [-0.39, 0.29) is 11.3 Å². The number of methoxy groups -OCH3 is 1. The minimum absolute atomic E-state index is 0.102. The van der Waals surface area contributed by atoms with E-state index >= 15 is 0 Å². The lowest BCUT2D eigenvalue weighted by Crippen LogP contribution is -2.58. The maximum absolute atomic E-state index is 13.5. The molecule has 2 spiro atoms. The van der Waals surface area contributed by atoms with E-state index in [0.29, 0.717) is 0 Å². The van der Waals surface area contributed by atoms with E-state index < -0.39 is 54.2 Å². The number of carbonyl (C=O) groups is 2. The van der Waals surface area contributed by atoms with Gasteiger partial charge >= 0.3 is 11.9 Å². The summed E-state index contributed by atoms with van der Waals surface area (Å²) in [4.78, 5) is 25.6. The van der Waals surface area contributed by atoms with Crippen LogP contribution in [0.25, 0.3) is 0 Å². The molecule has 5 unspecified atom stereocenters. The molecule has 2 aliphatic carbocycles. The van der Waals surface area contributed by atoms with Crippen LogP contribution in [0.4, 0.5) is 0 Å². The molecule has 6 rings (SSSR count). The topological polar surface area (TPSA) is 98.8 Å². The number of hydrogen-bond donors (Lipinski definition) is 0. The van der Waals surface area contributed by atoms with Gasteiger partial charge in [-0.05, 0) is 37.8 Å². The van der Waals surface area contributed by atoms with E-state index in [9.17, 15) is 9.59 Å². The third-order valence-electron chi connectivity index (χ3n) is 7.84. The van der Waals surface area contributed by atoms with Crippen molar-refractivity contribution < 1.29 is 42.7 Å². The molecule has 35 heavy (non-hydrogen) atoms. The molecule has 5 atom stereocenters.